The van der Waals surface area contributed by atoms with E-state index in [1.165, 1.54) is 28.5 Å². The number of alkyl halides is 4. The first-order valence-corrected chi connectivity index (χ1v) is 13.5. The highest BCUT2D eigenvalue weighted by atomic mass is 35.5. The lowest BCUT2D eigenvalue weighted by Crippen LogP contribution is -2.28. The van der Waals surface area contributed by atoms with Crippen LogP contribution in [0.15, 0.2) is 48.8 Å². The molecule has 1 amide bonds. The molecule has 2 heterocycles. The molecule has 16 heteroatoms. The molecule has 0 saturated carbocycles. The number of hydrogen-bond donors (Lipinski definition) is 4. The van der Waals surface area contributed by atoms with Gasteiger partial charge in [-0.25, -0.2) is 14.4 Å². The van der Waals surface area contributed by atoms with E-state index >= 15 is 0 Å². The van der Waals surface area contributed by atoms with Crippen molar-refractivity contribution < 1.29 is 42.2 Å². The van der Waals surface area contributed by atoms with Gasteiger partial charge in [-0.2, -0.15) is 18.4 Å². The molecule has 1 aromatic carbocycles. The Kier molecular flexibility index (Phi) is 13.1. The zero-order valence-electron chi connectivity index (χ0n) is 22.2. The molecule has 228 valence electrons. The Morgan fingerprint density at radius 3 is 2.42 bits per heavy atom. The van der Waals surface area contributed by atoms with Gasteiger partial charge in [0, 0.05) is 23.8 Å². The number of nitrogens with one attached hydrogen (secondary N) is 1. The number of halogens is 4. The molecular formula is C27H25ClF3N5O6S. The van der Waals surface area contributed by atoms with Gasteiger partial charge in [0.05, 0.1) is 16.8 Å². The van der Waals surface area contributed by atoms with Crippen LogP contribution in [-0.4, -0.2) is 45.6 Å². The first-order valence-electron chi connectivity index (χ1n) is 12.3. The monoisotopic (exact) mass is 639 g/mol. The number of benzene rings is 1. The van der Waals surface area contributed by atoms with Crippen LogP contribution in [0.3, 0.4) is 0 Å². The molecule has 0 radical (unpaired) electrons. The number of aryl methyl sites for hydroxylation is 1. The quantitative estimate of drug-likeness (QED) is 0.132. The van der Waals surface area contributed by atoms with Crippen LogP contribution in [0.4, 0.5) is 18.9 Å². The standard InChI is InChI=1S/C15H14ClN3O3.C10H10N2OS.C2HF3O2/c16-13(19-12-5-2-6-18-9-12)15(21)22-14(20)11-4-1-3-10(7-11)8-17;11-5-7-6-3-1-2-4-8(6)14-9(7)10(12)13;3-2(4,5)1(6)7/h1-7,9,13,19H,8,17H2;1-4H2,(H2,12,13);(H,6,7)/t13-;;/m1../s1. The van der Waals surface area contributed by atoms with Crippen LogP contribution in [-0.2, 0) is 33.7 Å². The van der Waals surface area contributed by atoms with Crippen LogP contribution in [0, 0.1) is 11.3 Å². The van der Waals surface area contributed by atoms with E-state index < -0.39 is 35.5 Å². The smallest absolute Gasteiger partial charge is 0.475 e. The third kappa shape index (κ3) is 10.7. The van der Waals surface area contributed by atoms with Crippen LogP contribution in [0.2, 0.25) is 0 Å². The average molecular weight is 640 g/mol. The summed E-state index contributed by atoms with van der Waals surface area (Å²) in [4.78, 5) is 49.2. The molecule has 11 nitrogen and oxygen atoms in total. The fourth-order valence-electron chi connectivity index (χ4n) is 3.54. The Balaban J connectivity index is 0.000000261. The predicted octanol–water partition coefficient (Wildman–Crippen LogP) is 4.13. The van der Waals surface area contributed by atoms with Crippen molar-refractivity contribution in [3.8, 4) is 6.07 Å². The Hall–Kier alpha value is -4.52. The summed E-state index contributed by atoms with van der Waals surface area (Å²) in [6.45, 7) is 0.287. The number of esters is 2. The zero-order valence-corrected chi connectivity index (χ0v) is 23.8. The van der Waals surface area contributed by atoms with Gasteiger partial charge >= 0.3 is 24.1 Å². The number of fused-ring (bicyclic) bond motifs is 1. The number of ether oxygens (including phenoxy) is 1. The van der Waals surface area contributed by atoms with Crippen LogP contribution in [0.25, 0.3) is 0 Å². The van der Waals surface area contributed by atoms with E-state index in [4.69, 9.17) is 43.0 Å². The highest BCUT2D eigenvalue weighted by molar-refractivity contribution is 7.14. The molecule has 1 atom stereocenters. The van der Waals surface area contributed by atoms with Crippen molar-refractivity contribution in [2.75, 3.05) is 5.32 Å². The van der Waals surface area contributed by atoms with Gasteiger partial charge in [0.2, 0.25) is 5.50 Å². The van der Waals surface area contributed by atoms with E-state index in [1.807, 2.05) is 0 Å². The minimum atomic E-state index is -5.08. The van der Waals surface area contributed by atoms with Crippen molar-refractivity contribution in [1.29, 1.82) is 5.26 Å². The number of primary amides is 1. The molecule has 2 aromatic heterocycles. The number of thiophene rings is 1. The number of hydrogen-bond acceptors (Lipinski definition) is 10. The lowest BCUT2D eigenvalue weighted by molar-refractivity contribution is -0.192. The Labute approximate surface area is 252 Å². The third-order valence-corrected chi connectivity index (χ3v) is 7.10. The number of carboxylic acid groups (broad SMARTS) is 1. The molecule has 0 fully saturated rings. The summed E-state index contributed by atoms with van der Waals surface area (Å²) in [5, 5.41) is 18.8. The van der Waals surface area contributed by atoms with E-state index in [9.17, 15) is 27.6 Å². The summed E-state index contributed by atoms with van der Waals surface area (Å²) in [6, 6.07) is 12.0. The molecular weight excluding hydrogens is 615 g/mol. The summed E-state index contributed by atoms with van der Waals surface area (Å²) in [7, 11) is 0. The predicted molar refractivity (Wildman–Crippen MR) is 150 cm³/mol. The molecule has 43 heavy (non-hydrogen) atoms. The Morgan fingerprint density at radius 2 is 1.86 bits per heavy atom. The first-order chi connectivity index (χ1) is 20.3. The topological polar surface area (TPSA) is 198 Å². The van der Waals surface area contributed by atoms with E-state index in [2.05, 4.69) is 16.4 Å². The van der Waals surface area contributed by atoms with Gasteiger partial charge in [-0.15, -0.1) is 11.3 Å². The molecule has 6 N–H and O–H groups in total. The second-order valence-corrected chi connectivity index (χ2v) is 10.1. The largest absolute Gasteiger partial charge is 0.490 e. The Bertz CT molecular complexity index is 1490. The van der Waals surface area contributed by atoms with E-state index in [1.54, 1.807) is 36.5 Å². The SMILES string of the molecule is N#Cc1c(C(N)=O)sc2c1CCCC2.NCc1cccc(C(=O)OC(=O)[C@H](Cl)Nc2cccnc2)c1.O=C(O)C(F)(F)F. The maximum atomic E-state index is 11.9. The van der Waals surface area contributed by atoms with Gasteiger partial charge in [-0.05, 0) is 61.1 Å². The molecule has 3 aromatic rings. The number of nitriles is 1. The number of rotatable bonds is 6. The van der Waals surface area contributed by atoms with Crippen LogP contribution < -0.4 is 16.8 Å². The molecule has 0 saturated heterocycles. The van der Waals surface area contributed by atoms with Gasteiger partial charge in [0.1, 0.15) is 10.9 Å². The molecule has 0 aliphatic heterocycles. The fraction of sp³-hybridized carbons (Fsp3) is 0.259. The van der Waals surface area contributed by atoms with Crippen molar-refractivity contribution in [2.45, 2.75) is 43.9 Å². The number of pyridine rings is 1. The van der Waals surface area contributed by atoms with Crippen molar-refractivity contribution >= 4 is 52.4 Å². The van der Waals surface area contributed by atoms with Crippen molar-refractivity contribution in [3.05, 3.63) is 80.8 Å². The van der Waals surface area contributed by atoms with Crippen molar-refractivity contribution in [1.82, 2.24) is 4.98 Å². The molecule has 0 spiro atoms. The zero-order chi connectivity index (χ0) is 32.2. The highest BCUT2D eigenvalue weighted by Gasteiger charge is 2.38. The van der Waals surface area contributed by atoms with Crippen molar-refractivity contribution in [3.63, 3.8) is 0 Å². The summed E-state index contributed by atoms with van der Waals surface area (Å²) < 4.78 is 36.5. The van der Waals surface area contributed by atoms with Crippen LogP contribution >= 0.6 is 22.9 Å². The average Bonchev–Trinajstić information content (AvgIpc) is 3.37. The van der Waals surface area contributed by atoms with Gasteiger partial charge in [-0.1, -0.05) is 23.7 Å². The lowest BCUT2D eigenvalue weighted by atomic mass is 9.95. The van der Waals surface area contributed by atoms with Crippen LogP contribution in [0.5, 0.6) is 0 Å². The van der Waals surface area contributed by atoms with Crippen molar-refractivity contribution in [2.24, 2.45) is 11.5 Å². The second-order valence-electron chi connectivity index (χ2n) is 8.56. The summed E-state index contributed by atoms with van der Waals surface area (Å²) in [5.74, 6) is -4.90. The normalized spacial score (nSPS) is 12.5. The van der Waals surface area contributed by atoms with Gasteiger partial charge in [0.15, 0.2) is 0 Å². The van der Waals surface area contributed by atoms with E-state index in [0.29, 0.717) is 16.1 Å². The molecule has 4 rings (SSSR count). The second kappa shape index (κ2) is 16.2. The van der Waals surface area contributed by atoms with Gasteiger partial charge in [-0.3, -0.25) is 9.78 Å². The third-order valence-electron chi connectivity index (χ3n) is 5.50. The number of aliphatic carboxylic acids is 1. The number of aromatic nitrogens is 1. The van der Waals surface area contributed by atoms with Gasteiger partial charge < -0.3 is 26.6 Å². The molecule has 1 aliphatic carbocycles. The summed E-state index contributed by atoms with van der Waals surface area (Å²) in [5.41, 5.74) is 12.6. The maximum absolute atomic E-state index is 11.9. The Morgan fingerprint density at radius 1 is 1.19 bits per heavy atom. The number of carbonyl (C=O) groups excluding carboxylic acids is 3. The fourth-order valence-corrected chi connectivity index (χ4v) is 4.90. The highest BCUT2D eigenvalue weighted by Crippen LogP contribution is 2.33. The molecule has 0 unspecified atom stereocenters. The number of nitrogens with zero attached hydrogens (tertiary/aromatic N) is 2. The number of nitrogens with two attached hydrogens (primary N) is 2. The van der Waals surface area contributed by atoms with Gasteiger partial charge in [0.25, 0.3) is 5.91 Å². The number of carboxylic acids is 1. The maximum Gasteiger partial charge on any atom is 0.490 e. The summed E-state index contributed by atoms with van der Waals surface area (Å²) >= 11 is 7.27. The first kappa shape index (κ1) is 34.7. The summed E-state index contributed by atoms with van der Waals surface area (Å²) in [6.07, 6.45) is 2.16. The number of amides is 1. The number of anilines is 1. The van der Waals surface area contributed by atoms with Crippen LogP contribution in [0.1, 0.15) is 54.4 Å². The molecule has 1 aliphatic rings. The minimum absolute atomic E-state index is 0.238. The molecule has 0 bridgehead atoms. The lowest BCUT2D eigenvalue weighted by Gasteiger charge is -2.11. The minimum Gasteiger partial charge on any atom is -0.475 e. The van der Waals surface area contributed by atoms with E-state index in [0.717, 1.165) is 36.8 Å². The number of carbonyl (C=O) groups is 4. The van der Waals surface area contributed by atoms with E-state index in [-0.39, 0.29) is 12.1 Å².